The Morgan fingerprint density at radius 3 is 2.40 bits per heavy atom. The van der Waals surface area contributed by atoms with Crippen LogP contribution in [0.4, 0.5) is 0 Å². The second-order valence-electron chi connectivity index (χ2n) is 2.82. The first-order chi connectivity index (χ1) is 4.88. The Kier molecular flexibility index (Phi) is 3.12. The van der Waals surface area contributed by atoms with Gasteiger partial charge in [0.15, 0.2) is 0 Å². The fourth-order valence-electron chi connectivity index (χ4n) is 1.45. The van der Waals surface area contributed by atoms with E-state index in [1.54, 1.807) is 0 Å². The van der Waals surface area contributed by atoms with Crippen LogP contribution in [-0.2, 0) is 0 Å². The fraction of sp³-hybridized carbons (Fsp3) is 1.00. The molecule has 1 aliphatic rings. The van der Waals surface area contributed by atoms with Crippen molar-refractivity contribution in [1.82, 2.24) is 4.90 Å². The van der Waals surface area contributed by atoms with Crippen molar-refractivity contribution in [3.63, 3.8) is 0 Å². The molecule has 0 aromatic carbocycles. The van der Waals surface area contributed by atoms with Gasteiger partial charge in [-0.15, -0.1) is 0 Å². The van der Waals surface area contributed by atoms with Crippen molar-refractivity contribution in [2.24, 2.45) is 5.73 Å². The second-order valence-corrected chi connectivity index (χ2v) is 2.82. The van der Waals surface area contributed by atoms with E-state index in [2.05, 4.69) is 4.90 Å². The van der Waals surface area contributed by atoms with E-state index in [0.29, 0.717) is 6.54 Å². The summed E-state index contributed by atoms with van der Waals surface area (Å²) in [5, 5.41) is 8.86. The van der Waals surface area contributed by atoms with Crippen molar-refractivity contribution in [2.45, 2.75) is 18.9 Å². The summed E-state index contributed by atoms with van der Waals surface area (Å²) < 4.78 is 0. The van der Waals surface area contributed by atoms with Gasteiger partial charge < -0.3 is 10.8 Å². The first-order valence-electron chi connectivity index (χ1n) is 3.93. The Morgan fingerprint density at radius 2 is 2.00 bits per heavy atom. The van der Waals surface area contributed by atoms with E-state index < -0.39 is 0 Å². The molecule has 0 saturated carbocycles. The van der Waals surface area contributed by atoms with Crippen molar-refractivity contribution >= 4 is 0 Å². The monoisotopic (exact) mass is 144 g/mol. The van der Waals surface area contributed by atoms with Gasteiger partial charge in [-0.3, -0.25) is 4.90 Å². The summed E-state index contributed by atoms with van der Waals surface area (Å²) in [6.07, 6.45) is 2.52. The van der Waals surface area contributed by atoms with Crippen molar-refractivity contribution in [2.75, 3.05) is 26.2 Å². The highest BCUT2D eigenvalue weighted by Crippen LogP contribution is 2.10. The van der Waals surface area contributed by atoms with Crippen LogP contribution in [0.1, 0.15) is 12.8 Å². The maximum atomic E-state index is 8.86. The van der Waals surface area contributed by atoms with E-state index in [9.17, 15) is 0 Å². The summed E-state index contributed by atoms with van der Waals surface area (Å²) in [4.78, 5) is 2.26. The number of likely N-dealkylation sites (tertiary alicyclic amines) is 1. The van der Waals surface area contributed by atoms with Crippen LogP contribution in [0.5, 0.6) is 0 Å². The van der Waals surface area contributed by atoms with Crippen LogP contribution in [0, 0.1) is 0 Å². The van der Waals surface area contributed by atoms with Crippen LogP contribution in [0.15, 0.2) is 0 Å². The minimum Gasteiger partial charge on any atom is -0.395 e. The van der Waals surface area contributed by atoms with Gasteiger partial charge in [0.25, 0.3) is 0 Å². The average Bonchev–Trinajstić information content (AvgIpc) is 2.43. The Balaban J connectivity index is 2.29. The zero-order valence-electron chi connectivity index (χ0n) is 6.29. The van der Waals surface area contributed by atoms with E-state index in [1.807, 2.05) is 0 Å². The minimum atomic E-state index is 0.205. The topological polar surface area (TPSA) is 49.5 Å². The SMILES string of the molecule is NC[C@@H](CO)N1CCCC1. The van der Waals surface area contributed by atoms with Crippen molar-refractivity contribution < 1.29 is 5.11 Å². The van der Waals surface area contributed by atoms with Crippen LogP contribution in [0.3, 0.4) is 0 Å². The molecule has 10 heavy (non-hydrogen) atoms. The van der Waals surface area contributed by atoms with Crippen molar-refractivity contribution in [3.05, 3.63) is 0 Å². The lowest BCUT2D eigenvalue weighted by Gasteiger charge is -2.23. The smallest absolute Gasteiger partial charge is 0.0599 e. The van der Waals surface area contributed by atoms with Crippen molar-refractivity contribution in [1.29, 1.82) is 0 Å². The lowest BCUT2D eigenvalue weighted by molar-refractivity contribution is 0.151. The molecule has 1 saturated heterocycles. The third-order valence-corrected chi connectivity index (χ3v) is 2.14. The predicted molar refractivity (Wildman–Crippen MR) is 40.7 cm³/mol. The molecule has 1 heterocycles. The first-order valence-corrected chi connectivity index (χ1v) is 3.93. The minimum absolute atomic E-state index is 0.205. The molecule has 3 heteroatoms. The summed E-state index contributed by atoms with van der Waals surface area (Å²) in [6.45, 7) is 3.01. The Morgan fingerprint density at radius 1 is 1.40 bits per heavy atom. The van der Waals surface area contributed by atoms with Gasteiger partial charge in [0.2, 0.25) is 0 Å². The maximum Gasteiger partial charge on any atom is 0.0599 e. The van der Waals surface area contributed by atoms with E-state index in [4.69, 9.17) is 10.8 Å². The zero-order valence-corrected chi connectivity index (χ0v) is 6.29. The van der Waals surface area contributed by atoms with E-state index >= 15 is 0 Å². The Bertz CT molecular complexity index is 87.6. The number of rotatable bonds is 3. The van der Waals surface area contributed by atoms with Gasteiger partial charge >= 0.3 is 0 Å². The standard InChI is InChI=1S/C7H16N2O/c8-5-7(6-10)9-3-1-2-4-9/h7,10H,1-6,8H2/t7-/m0/s1. The van der Waals surface area contributed by atoms with Crippen molar-refractivity contribution in [3.8, 4) is 0 Å². The molecule has 0 aromatic heterocycles. The van der Waals surface area contributed by atoms with Gasteiger partial charge in [0, 0.05) is 12.6 Å². The molecule has 0 spiro atoms. The molecule has 0 unspecified atom stereocenters. The summed E-state index contributed by atoms with van der Waals surface area (Å²) >= 11 is 0. The number of hydrogen-bond donors (Lipinski definition) is 2. The van der Waals surface area contributed by atoms with Crippen LogP contribution >= 0.6 is 0 Å². The Labute approximate surface area is 61.8 Å². The highest BCUT2D eigenvalue weighted by Gasteiger charge is 2.19. The van der Waals surface area contributed by atoms with Gasteiger partial charge in [-0.25, -0.2) is 0 Å². The molecule has 3 nitrogen and oxygen atoms in total. The molecule has 0 amide bonds. The van der Waals surface area contributed by atoms with Gasteiger partial charge in [-0.05, 0) is 25.9 Å². The van der Waals surface area contributed by atoms with Gasteiger partial charge in [-0.1, -0.05) is 0 Å². The molecule has 1 rings (SSSR count). The second kappa shape index (κ2) is 3.91. The van der Waals surface area contributed by atoms with Crippen LogP contribution in [0.2, 0.25) is 0 Å². The molecular formula is C7H16N2O. The molecule has 3 N–H and O–H groups in total. The van der Waals surface area contributed by atoms with Crippen LogP contribution < -0.4 is 5.73 Å². The van der Waals surface area contributed by atoms with Crippen LogP contribution in [-0.4, -0.2) is 42.3 Å². The molecule has 0 aromatic rings. The summed E-state index contributed by atoms with van der Waals surface area (Å²) in [7, 11) is 0. The number of aliphatic hydroxyl groups is 1. The largest absolute Gasteiger partial charge is 0.395 e. The third kappa shape index (κ3) is 1.68. The quantitative estimate of drug-likeness (QED) is 0.556. The van der Waals surface area contributed by atoms with Crippen LogP contribution in [0.25, 0.3) is 0 Å². The lowest BCUT2D eigenvalue weighted by Crippen LogP contribution is -2.41. The molecule has 60 valence electrons. The third-order valence-electron chi connectivity index (χ3n) is 2.14. The number of aliphatic hydroxyl groups excluding tert-OH is 1. The molecule has 1 atom stereocenters. The normalized spacial score (nSPS) is 23.4. The maximum absolute atomic E-state index is 8.86. The molecule has 0 bridgehead atoms. The average molecular weight is 144 g/mol. The molecule has 0 radical (unpaired) electrons. The summed E-state index contributed by atoms with van der Waals surface area (Å²) in [5.74, 6) is 0. The molecule has 0 aliphatic carbocycles. The van der Waals surface area contributed by atoms with Gasteiger partial charge in [0.05, 0.1) is 6.61 Å². The van der Waals surface area contributed by atoms with Gasteiger partial charge in [0.1, 0.15) is 0 Å². The van der Waals surface area contributed by atoms with Gasteiger partial charge in [-0.2, -0.15) is 0 Å². The predicted octanol–water partition coefficient (Wildman–Crippen LogP) is -0.598. The van der Waals surface area contributed by atoms with E-state index in [-0.39, 0.29) is 12.6 Å². The summed E-state index contributed by atoms with van der Waals surface area (Å²) in [5.41, 5.74) is 5.46. The molecular weight excluding hydrogens is 128 g/mol. The lowest BCUT2D eigenvalue weighted by atomic mass is 10.3. The fourth-order valence-corrected chi connectivity index (χ4v) is 1.45. The molecule has 1 aliphatic heterocycles. The summed E-state index contributed by atoms with van der Waals surface area (Å²) in [6, 6.07) is 0.211. The number of hydrogen-bond acceptors (Lipinski definition) is 3. The highest BCUT2D eigenvalue weighted by atomic mass is 16.3. The van der Waals surface area contributed by atoms with E-state index in [0.717, 1.165) is 13.1 Å². The number of nitrogens with two attached hydrogens (primary N) is 1. The highest BCUT2D eigenvalue weighted by molar-refractivity contribution is 4.75. The molecule has 1 fully saturated rings. The number of nitrogens with zero attached hydrogens (tertiary/aromatic N) is 1. The first kappa shape index (κ1) is 7.98. The van der Waals surface area contributed by atoms with E-state index in [1.165, 1.54) is 12.8 Å². The Hall–Kier alpha value is -0.120. The zero-order chi connectivity index (χ0) is 7.40.